The Morgan fingerprint density at radius 1 is 1.26 bits per heavy atom. The minimum atomic E-state index is -0.545. The Labute approximate surface area is 109 Å². The van der Waals surface area contributed by atoms with Crippen LogP contribution in [0.1, 0.15) is 10.4 Å². The number of anilines is 1. The minimum Gasteiger partial charge on any atom is -0.441 e. The Kier molecular flexibility index (Phi) is 2.56. The fourth-order valence-electron chi connectivity index (χ4n) is 2.29. The summed E-state index contributed by atoms with van der Waals surface area (Å²) in [7, 11) is 0. The molecule has 0 bridgehead atoms. The van der Waals surface area contributed by atoms with Gasteiger partial charge in [-0.05, 0) is 17.5 Å². The first-order valence-corrected chi connectivity index (χ1v) is 5.85. The molecule has 1 heterocycles. The van der Waals surface area contributed by atoms with Crippen LogP contribution in [0.25, 0.3) is 10.8 Å². The normalized spacial score (nSPS) is 12.8. The Morgan fingerprint density at radius 2 is 2.00 bits per heavy atom. The number of ether oxygens (including phenoxy) is 1. The van der Waals surface area contributed by atoms with Crippen LogP contribution in [0.4, 0.5) is 5.69 Å². The van der Waals surface area contributed by atoms with Crippen LogP contribution in [0, 0.1) is 0 Å². The first-order chi connectivity index (χ1) is 9.22. The molecule has 1 aliphatic rings. The zero-order chi connectivity index (χ0) is 13.4. The lowest BCUT2D eigenvalue weighted by molar-refractivity contribution is -0.137. The van der Waals surface area contributed by atoms with E-state index in [-0.39, 0.29) is 12.6 Å². The second-order valence-electron chi connectivity index (χ2n) is 4.21. The van der Waals surface area contributed by atoms with Crippen molar-refractivity contribution in [1.82, 2.24) is 0 Å². The highest BCUT2D eigenvalue weighted by atomic mass is 16.5. The van der Waals surface area contributed by atoms with Gasteiger partial charge in [-0.25, -0.2) is 4.79 Å². The standard InChI is InChI=1S/C15H11NO3/c1-2-13(17)19-9-16-12-8-4-6-10-5-3-7-11(14(10)12)15(16)18/h2-8H,1,9H2. The molecule has 0 radical (unpaired) electrons. The van der Waals surface area contributed by atoms with Gasteiger partial charge < -0.3 is 4.74 Å². The summed E-state index contributed by atoms with van der Waals surface area (Å²) in [6, 6.07) is 11.3. The quantitative estimate of drug-likeness (QED) is 0.623. The molecule has 3 rings (SSSR count). The van der Waals surface area contributed by atoms with Crippen molar-refractivity contribution in [2.24, 2.45) is 0 Å². The van der Waals surface area contributed by atoms with E-state index in [1.54, 1.807) is 6.07 Å². The molecule has 0 fully saturated rings. The number of nitrogens with zero attached hydrogens (tertiary/aromatic N) is 1. The van der Waals surface area contributed by atoms with Crippen molar-refractivity contribution >= 4 is 28.3 Å². The molecular formula is C15H11NO3. The third-order valence-corrected chi connectivity index (χ3v) is 3.15. The second kappa shape index (κ2) is 4.24. The smallest absolute Gasteiger partial charge is 0.331 e. The average Bonchev–Trinajstić information content (AvgIpc) is 2.72. The molecule has 1 amide bonds. The molecule has 0 saturated heterocycles. The van der Waals surface area contributed by atoms with Crippen molar-refractivity contribution < 1.29 is 14.3 Å². The zero-order valence-corrected chi connectivity index (χ0v) is 10.1. The third kappa shape index (κ3) is 1.69. The van der Waals surface area contributed by atoms with E-state index in [2.05, 4.69) is 6.58 Å². The number of esters is 1. The van der Waals surface area contributed by atoms with Crippen molar-refractivity contribution in [2.45, 2.75) is 0 Å². The molecule has 0 aliphatic carbocycles. The summed E-state index contributed by atoms with van der Waals surface area (Å²) in [6.45, 7) is 3.23. The van der Waals surface area contributed by atoms with E-state index in [0.717, 1.165) is 22.5 Å². The fraction of sp³-hybridized carbons (Fsp3) is 0.0667. The summed E-state index contributed by atoms with van der Waals surface area (Å²) in [5.41, 5.74) is 1.41. The van der Waals surface area contributed by atoms with Crippen molar-refractivity contribution in [3.05, 3.63) is 54.6 Å². The molecule has 1 aliphatic heterocycles. The topological polar surface area (TPSA) is 46.6 Å². The van der Waals surface area contributed by atoms with Crippen LogP contribution in [0.3, 0.4) is 0 Å². The molecular weight excluding hydrogens is 242 g/mol. The Hall–Kier alpha value is -2.62. The van der Waals surface area contributed by atoms with Crippen LogP contribution < -0.4 is 4.90 Å². The highest BCUT2D eigenvalue weighted by molar-refractivity contribution is 6.24. The summed E-state index contributed by atoms with van der Waals surface area (Å²) in [5, 5.41) is 1.91. The first kappa shape index (κ1) is 11.5. The average molecular weight is 253 g/mol. The molecule has 0 N–H and O–H groups in total. The lowest BCUT2D eigenvalue weighted by Gasteiger charge is -2.16. The van der Waals surface area contributed by atoms with Gasteiger partial charge in [-0.15, -0.1) is 0 Å². The van der Waals surface area contributed by atoms with Gasteiger partial charge in [0.25, 0.3) is 5.91 Å². The SMILES string of the molecule is C=CC(=O)OCN1C(=O)c2cccc3cccc1c23. The summed E-state index contributed by atoms with van der Waals surface area (Å²) in [6.07, 6.45) is 1.08. The van der Waals surface area contributed by atoms with Gasteiger partial charge in [0.1, 0.15) is 0 Å². The molecule has 4 heteroatoms. The fourth-order valence-corrected chi connectivity index (χ4v) is 2.29. The van der Waals surface area contributed by atoms with Gasteiger partial charge in [0.05, 0.1) is 5.69 Å². The van der Waals surface area contributed by atoms with Crippen LogP contribution in [0.2, 0.25) is 0 Å². The summed E-state index contributed by atoms with van der Waals surface area (Å²) in [4.78, 5) is 24.9. The zero-order valence-electron chi connectivity index (χ0n) is 10.1. The Bertz CT molecular complexity index is 700. The van der Waals surface area contributed by atoms with Crippen LogP contribution in [-0.4, -0.2) is 18.6 Å². The van der Waals surface area contributed by atoms with Gasteiger partial charge in [-0.1, -0.05) is 30.8 Å². The van der Waals surface area contributed by atoms with Crippen LogP contribution >= 0.6 is 0 Å². The molecule has 2 aromatic rings. The second-order valence-corrected chi connectivity index (χ2v) is 4.21. The van der Waals surface area contributed by atoms with Crippen molar-refractivity contribution in [3.63, 3.8) is 0 Å². The maximum absolute atomic E-state index is 12.3. The number of rotatable bonds is 3. The Balaban J connectivity index is 2.03. The number of amides is 1. The maximum atomic E-state index is 12.3. The third-order valence-electron chi connectivity index (χ3n) is 3.15. The van der Waals surface area contributed by atoms with E-state index in [4.69, 9.17) is 4.74 Å². The summed E-state index contributed by atoms with van der Waals surface area (Å²) < 4.78 is 4.96. The predicted octanol–water partition coefficient (Wildman–Crippen LogP) is 2.49. The van der Waals surface area contributed by atoms with Gasteiger partial charge in [0.2, 0.25) is 0 Å². The lowest BCUT2D eigenvalue weighted by Crippen LogP contribution is -2.30. The van der Waals surface area contributed by atoms with Gasteiger partial charge in [-0.3, -0.25) is 9.69 Å². The van der Waals surface area contributed by atoms with Crippen molar-refractivity contribution in [2.75, 3.05) is 11.6 Å². The maximum Gasteiger partial charge on any atom is 0.331 e. The minimum absolute atomic E-state index is 0.0997. The van der Waals surface area contributed by atoms with Crippen molar-refractivity contribution in [1.29, 1.82) is 0 Å². The van der Waals surface area contributed by atoms with E-state index in [1.165, 1.54) is 4.90 Å². The number of hydrogen-bond donors (Lipinski definition) is 0. The highest BCUT2D eigenvalue weighted by Gasteiger charge is 2.29. The van der Waals surface area contributed by atoms with Gasteiger partial charge in [0.15, 0.2) is 6.73 Å². The van der Waals surface area contributed by atoms with E-state index in [0.29, 0.717) is 5.56 Å². The van der Waals surface area contributed by atoms with Crippen molar-refractivity contribution in [3.8, 4) is 0 Å². The summed E-state index contributed by atoms with van der Waals surface area (Å²) in [5.74, 6) is -0.695. The molecule has 0 saturated carbocycles. The van der Waals surface area contributed by atoms with Crippen LogP contribution in [0.5, 0.6) is 0 Å². The molecule has 0 unspecified atom stereocenters. The van der Waals surface area contributed by atoms with E-state index >= 15 is 0 Å². The number of carbonyl (C=O) groups excluding carboxylic acids is 2. The molecule has 0 spiro atoms. The summed E-state index contributed by atoms with van der Waals surface area (Å²) >= 11 is 0. The van der Waals surface area contributed by atoms with E-state index in [9.17, 15) is 9.59 Å². The monoisotopic (exact) mass is 253 g/mol. The largest absolute Gasteiger partial charge is 0.441 e. The Morgan fingerprint density at radius 3 is 2.74 bits per heavy atom. The number of carbonyl (C=O) groups is 2. The lowest BCUT2D eigenvalue weighted by atomic mass is 10.1. The molecule has 4 nitrogen and oxygen atoms in total. The predicted molar refractivity (Wildman–Crippen MR) is 71.9 cm³/mol. The first-order valence-electron chi connectivity index (χ1n) is 5.85. The highest BCUT2D eigenvalue weighted by Crippen LogP contribution is 2.36. The molecule has 19 heavy (non-hydrogen) atoms. The van der Waals surface area contributed by atoms with Gasteiger partial charge >= 0.3 is 5.97 Å². The van der Waals surface area contributed by atoms with Crippen LogP contribution in [-0.2, 0) is 9.53 Å². The molecule has 0 aromatic heterocycles. The molecule has 94 valence electrons. The van der Waals surface area contributed by atoms with Gasteiger partial charge in [-0.2, -0.15) is 0 Å². The molecule has 0 atom stereocenters. The number of hydrogen-bond acceptors (Lipinski definition) is 3. The van der Waals surface area contributed by atoms with Gasteiger partial charge in [0, 0.05) is 17.0 Å². The van der Waals surface area contributed by atoms with Crippen LogP contribution in [0.15, 0.2) is 49.1 Å². The van der Waals surface area contributed by atoms with E-state index in [1.807, 2.05) is 30.3 Å². The number of benzene rings is 2. The molecule has 2 aromatic carbocycles. The van der Waals surface area contributed by atoms with E-state index < -0.39 is 5.97 Å².